The number of hydrogen-bond donors (Lipinski definition) is 1. The van der Waals surface area contributed by atoms with Gasteiger partial charge in [0, 0.05) is 24.5 Å². The third-order valence-electron chi connectivity index (χ3n) is 5.91. The Morgan fingerprint density at radius 3 is 2.44 bits per heavy atom. The lowest BCUT2D eigenvalue weighted by molar-refractivity contribution is 0.0983. The molecule has 1 aliphatic heterocycles. The Morgan fingerprint density at radius 2 is 1.74 bits per heavy atom. The Bertz CT molecular complexity index is 1280. The number of phenols is 1. The molecule has 8 nitrogen and oxygen atoms in total. The Morgan fingerprint density at radius 1 is 1.03 bits per heavy atom. The number of amides is 2. The fraction of sp³-hybridized carbons (Fsp3) is 0.346. The van der Waals surface area contributed by atoms with Gasteiger partial charge in [0.1, 0.15) is 11.3 Å². The molecule has 0 atom stereocenters. The molecule has 1 aromatic heterocycles. The maximum atomic E-state index is 13.7. The average Bonchev–Trinajstić information content (AvgIpc) is 2.83. The number of fused-ring (bicyclic) bond motifs is 2. The highest BCUT2D eigenvalue weighted by molar-refractivity contribution is 6.16. The zero-order valence-corrected chi connectivity index (χ0v) is 19.4. The fourth-order valence-electron chi connectivity index (χ4n) is 4.24. The van der Waals surface area contributed by atoms with E-state index in [0.29, 0.717) is 29.8 Å². The van der Waals surface area contributed by atoms with E-state index in [1.807, 2.05) is 13.8 Å². The number of anilines is 2. The van der Waals surface area contributed by atoms with E-state index in [1.54, 1.807) is 30.3 Å². The Labute approximate surface area is 197 Å². The number of hydrogen-bond acceptors (Lipinski definition) is 6. The summed E-state index contributed by atoms with van der Waals surface area (Å²) in [4.78, 5) is 41.6. The summed E-state index contributed by atoms with van der Waals surface area (Å²) >= 11 is 0. The number of benzene rings is 2. The zero-order valence-electron chi connectivity index (χ0n) is 19.4. The lowest BCUT2D eigenvalue weighted by Crippen LogP contribution is -2.46. The van der Waals surface area contributed by atoms with Crippen LogP contribution >= 0.6 is 0 Å². The van der Waals surface area contributed by atoms with Gasteiger partial charge in [-0.3, -0.25) is 9.69 Å². The highest BCUT2D eigenvalue weighted by Crippen LogP contribution is 2.37. The maximum absolute atomic E-state index is 13.7. The fourth-order valence-corrected chi connectivity index (χ4v) is 4.24. The van der Waals surface area contributed by atoms with Crippen LogP contribution in [-0.4, -0.2) is 36.8 Å². The van der Waals surface area contributed by atoms with Gasteiger partial charge in [-0.15, -0.1) is 0 Å². The van der Waals surface area contributed by atoms with Crippen LogP contribution < -0.4 is 15.4 Å². The number of phenolic OH excluding ortho intramolecular Hbond substituents is 1. The lowest BCUT2D eigenvalue weighted by Gasteiger charge is -2.36. The molecule has 2 aromatic carbocycles. The van der Waals surface area contributed by atoms with Gasteiger partial charge in [-0.1, -0.05) is 38.8 Å². The molecule has 0 aliphatic carbocycles. The largest absolute Gasteiger partial charge is 0.507 e. The SMILES string of the molecule is CCCCOC(=O)N1CCN(C(=O)c2c(O)ccc3c(CCC)cc(=O)oc23)c2ccccc21. The van der Waals surface area contributed by atoms with E-state index in [9.17, 15) is 19.5 Å². The molecule has 3 aromatic rings. The number of aromatic hydroxyl groups is 1. The van der Waals surface area contributed by atoms with E-state index in [-0.39, 0.29) is 30.0 Å². The summed E-state index contributed by atoms with van der Waals surface area (Å²) in [6.45, 7) is 4.76. The molecule has 0 unspecified atom stereocenters. The molecule has 4 rings (SSSR count). The summed E-state index contributed by atoms with van der Waals surface area (Å²) in [6.07, 6.45) is 2.68. The van der Waals surface area contributed by atoms with Crippen molar-refractivity contribution in [3.63, 3.8) is 0 Å². The van der Waals surface area contributed by atoms with Gasteiger partial charge in [0.05, 0.1) is 18.0 Å². The summed E-state index contributed by atoms with van der Waals surface area (Å²) in [5.74, 6) is -0.778. The topological polar surface area (TPSA) is 100 Å². The monoisotopic (exact) mass is 464 g/mol. The van der Waals surface area contributed by atoms with Gasteiger partial charge < -0.3 is 19.2 Å². The first-order valence-electron chi connectivity index (χ1n) is 11.6. The highest BCUT2D eigenvalue weighted by atomic mass is 16.6. The molecule has 0 spiro atoms. The van der Waals surface area contributed by atoms with Gasteiger partial charge in [0.25, 0.3) is 5.91 Å². The second-order valence-electron chi connectivity index (χ2n) is 8.24. The van der Waals surface area contributed by atoms with Crippen molar-refractivity contribution in [2.24, 2.45) is 0 Å². The molecule has 1 aliphatic rings. The second-order valence-corrected chi connectivity index (χ2v) is 8.24. The van der Waals surface area contributed by atoms with Crippen LogP contribution in [0.25, 0.3) is 11.0 Å². The molecule has 0 radical (unpaired) electrons. The average molecular weight is 465 g/mol. The number of aryl methyl sites for hydroxylation is 1. The van der Waals surface area contributed by atoms with Crippen LogP contribution in [0.5, 0.6) is 5.75 Å². The van der Waals surface area contributed by atoms with Crippen molar-refractivity contribution in [1.82, 2.24) is 0 Å². The van der Waals surface area contributed by atoms with Crippen molar-refractivity contribution < 1.29 is 23.8 Å². The predicted octanol–water partition coefficient (Wildman–Crippen LogP) is 4.85. The van der Waals surface area contributed by atoms with Crippen LogP contribution in [0, 0.1) is 0 Å². The van der Waals surface area contributed by atoms with Crippen molar-refractivity contribution in [1.29, 1.82) is 0 Å². The third kappa shape index (κ3) is 4.35. The molecule has 0 bridgehead atoms. The van der Waals surface area contributed by atoms with Crippen LogP contribution in [0.1, 0.15) is 49.0 Å². The van der Waals surface area contributed by atoms with Crippen molar-refractivity contribution in [2.45, 2.75) is 39.5 Å². The second kappa shape index (κ2) is 9.99. The summed E-state index contributed by atoms with van der Waals surface area (Å²) in [5.41, 5.74) is 1.24. The highest BCUT2D eigenvalue weighted by Gasteiger charge is 2.33. The number of carbonyl (C=O) groups is 2. The van der Waals surface area contributed by atoms with E-state index < -0.39 is 17.6 Å². The molecule has 34 heavy (non-hydrogen) atoms. The van der Waals surface area contributed by atoms with Crippen molar-refractivity contribution in [3.8, 4) is 5.75 Å². The summed E-state index contributed by atoms with van der Waals surface area (Å²) in [5, 5.41) is 11.3. The summed E-state index contributed by atoms with van der Waals surface area (Å²) in [6, 6.07) is 11.6. The van der Waals surface area contributed by atoms with Gasteiger partial charge in [0.2, 0.25) is 0 Å². The molecule has 0 fully saturated rings. The third-order valence-corrected chi connectivity index (χ3v) is 5.91. The first-order chi connectivity index (χ1) is 16.5. The Hall–Kier alpha value is -3.81. The number of rotatable bonds is 6. The van der Waals surface area contributed by atoms with Gasteiger partial charge in [-0.05, 0) is 42.7 Å². The maximum Gasteiger partial charge on any atom is 0.414 e. The molecule has 2 heterocycles. The van der Waals surface area contributed by atoms with Gasteiger partial charge in [-0.25, -0.2) is 9.59 Å². The van der Waals surface area contributed by atoms with E-state index >= 15 is 0 Å². The molecule has 0 saturated carbocycles. The van der Waals surface area contributed by atoms with E-state index in [4.69, 9.17) is 9.15 Å². The minimum Gasteiger partial charge on any atom is -0.507 e. The molecule has 0 saturated heterocycles. The van der Waals surface area contributed by atoms with Crippen LogP contribution in [0.2, 0.25) is 0 Å². The number of ether oxygens (including phenoxy) is 1. The van der Waals surface area contributed by atoms with Gasteiger partial charge in [0.15, 0.2) is 5.58 Å². The normalized spacial score (nSPS) is 13.1. The van der Waals surface area contributed by atoms with Crippen LogP contribution in [0.3, 0.4) is 0 Å². The van der Waals surface area contributed by atoms with Crippen molar-refractivity contribution in [3.05, 3.63) is 64.0 Å². The van der Waals surface area contributed by atoms with Gasteiger partial charge in [-0.2, -0.15) is 0 Å². The molecule has 178 valence electrons. The molecule has 8 heteroatoms. The molecular weight excluding hydrogens is 436 g/mol. The summed E-state index contributed by atoms with van der Waals surface area (Å²) in [7, 11) is 0. The molecular formula is C26H28N2O6. The lowest BCUT2D eigenvalue weighted by atomic mass is 10.0. The van der Waals surface area contributed by atoms with E-state index in [1.165, 1.54) is 21.9 Å². The van der Waals surface area contributed by atoms with Crippen LogP contribution in [0.4, 0.5) is 16.2 Å². The number of unbranched alkanes of at least 4 members (excludes halogenated alkanes) is 1. The van der Waals surface area contributed by atoms with Gasteiger partial charge >= 0.3 is 11.7 Å². The molecule has 1 N–H and O–H groups in total. The number of carbonyl (C=O) groups excluding carboxylic acids is 2. The van der Waals surface area contributed by atoms with Crippen LogP contribution in [-0.2, 0) is 11.2 Å². The van der Waals surface area contributed by atoms with E-state index in [2.05, 4.69) is 0 Å². The minimum absolute atomic E-state index is 0.0682. The zero-order chi connectivity index (χ0) is 24.2. The van der Waals surface area contributed by atoms with Crippen molar-refractivity contribution in [2.75, 3.05) is 29.5 Å². The molecule has 2 amide bonds. The number of nitrogens with zero attached hydrogens (tertiary/aromatic N) is 2. The quantitative estimate of drug-likeness (QED) is 0.413. The van der Waals surface area contributed by atoms with E-state index in [0.717, 1.165) is 24.8 Å². The Balaban J connectivity index is 1.75. The minimum atomic E-state index is -0.573. The summed E-state index contributed by atoms with van der Waals surface area (Å²) < 4.78 is 10.8. The first kappa shape index (κ1) is 23.4. The predicted molar refractivity (Wildman–Crippen MR) is 130 cm³/mol. The van der Waals surface area contributed by atoms with Crippen LogP contribution in [0.15, 0.2) is 51.7 Å². The smallest absolute Gasteiger partial charge is 0.414 e. The first-order valence-corrected chi connectivity index (χ1v) is 11.6. The number of para-hydroxylation sites is 2. The standard InChI is InChI=1S/C26H28N2O6/c1-3-5-15-33-26(32)28-14-13-27(19-9-6-7-10-20(19)28)25(31)23-21(29)12-11-18-17(8-4-2)16-22(30)34-24(18)23/h6-7,9-12,16,29H,3-5,8,13-15H2,1-2H3. The van der Waals surface area contributed by atoms with Crippen molar-refractivity contribution >= 4 is 34.3 Å². The Kier molecular flexibility index (Phi) is 6.86.